The van der Waals surface area contributed by atoms with Crippen LogP contribution in [0.15, 0.2) is 102 Å². The molecule has 6 rings (SSSR count). The average molecular weight is 883 g/mol. The summed E-state index contributed by atoms with van der Waals surface area (Å²) in [5.41, 5.74) is 9.54. The van der Waals surface area contributed by atoms with E-state index in [0.29, 0.717) is 11.8 Å². The van der Waals surface area contributed by atoms with Crippen molar-refractivity contribution in [2.45, 2.75) is 52.5 Å². The minimum absolute atomic E-state index is 0. The van der Waals surface area contributed by atoms with Crippen LogP contribution in [0.25, 0.3) is 53.7 Å². The van der Waals surface area contributed by atoms with E-state index in [1.165, 1.54) is 48.3 Å². The van der Waals surface area contributed by atoms with Crippen molar-refractivity contribution in [2.24, 2.45) is 0 Å². The molecule has 0 fully saturated rings. The van der Waals surface area contributed by atoms with Gasteiger partial charge >= 0.3 is 25.8 Å². The SMILES string of the molecule is C[N-]C.C[N-]C.C[N-]C.Cc1sc2ccccc2c1-c1csc(C([N-]c2c(C(C)C)cccc2C(C)C)c2ccccc2-c2ccccc2)n1.[Hf+4]. The Hall–Kier alpha value is -2.98. The van der Waals surface area contributed by atoms with Gasteiger partial charge in [-0.05, 0) is 47.6 Å². The molecule has 51 heavy (non-hydrogen) atoms. The minimum Gasteiger partial charge on any atom is -0.672 e. The Labute approximate surface area is 334 Å². The maximum absolute atomic E-state index is 5.66. The number of aryl methyl sites for hydroxylation is 1. The fraction of sp³-hybridized carbons (Fsp3) is 0.326. The molecule has 6 aromatic rings. The van der Waals surface area contributed by atoms with Gasteiger partial charge in [0.2, 0.25) is 0 Å². The van der Waals surface area contributed by atoms with Crippen LogP contribution in [-0.2, 0) is 25.8 Å². The Kier molecular flexibility index (Phi) is 19.8. The normalized spacial score (nSPS) is 11.0. The molecule has 0 N–H and O–H groups in total. The van der Waals surface area contributed by atoms with Gasteiger partial charge in [-0.25, -0.2) is 4.98 Å². The van der Waals surface area contributed by atoms with Gasteiger partial charge in [-0.15, -0.1) is 28.4 Å². The number of thiazole rings is 1. The van der Waals surface area contributed by atoms with E-state index >= 15 is 0 Å². The van der Waals surface area contributed by atoms with E-state index in [2.05, 4.69) is 153 Å². The first-order chi connectivity index (χ1) is 24.2. The van der Waals surface area contributed by atoms with Crippen LogP contribution in [0.4, 0.5) is 5.69 Å². The summed E-state index contributed by atoms with van der Waals surface area (Å²) in [6.45, 7) is 11.3. The summed E-state index contributed by atoms with van der Waals surface area (Å²) in [5.74, 6) is 0.730. The maximum Gasteiger partial charge on any atom is 4.00 e. The van der Waals surface area contributed by atoms with Gasteiger partial charge < -0.3 is 21.3 Å². The fourth-order valence-corrected chi connectivity index (χ4v) is 7.61. The first-order valence-electron chi connectivity index (χ1n) is 17.0. The minimum atomic E-state index is -0.229. The predicted molar refractivity (Wildman–Crippen MR) is 225 cm³/mol. The van der Waals surface area contributed by atoms with Crippen molar-refractivity contribution < 1.29 is 25.8 Å². The van der Waals surface area contributed by atoms with Crippen molar-refractivity contribution in [1.29, 1.82) is 0 Å². The molecule has 0 saturated carbocycles. The van der Waals surface area contributed by atoms with Crippen LogP contribution in [-0.4, -0.2) is 47.3 Å². The molecule has 0 amide bonds. The number of nitrogens with zero attached hydrogens (tertiary/aromatic N) is 5. The Bertz CT molecular complexity index is 1830. The predicted octanol–water partition coefficient (Wildman–Crippen LogP) is 13.9. The zero-order valence-corrected chi connectivity index (χ0v) is 37.3. The molecule has 0 aliphatic carbocycles. The number of aromatic nitrogens is 1. The van der Waals surface area contributed by atoms with Crippen LogP contribution < -0.4 is 0 Å². The number of fused-ring (bicyclic) bond motifs is 1. The molecule has 0 aliphatic heterocycles. The van der Waals surface area contributed by atoms with Crippen LogP contribution in [0.5, 0.6) is 0 Å². The van der Waals surface area contributed by atoms with Crippen LogP contribution >= 0.6 is 22.7 Å². The third-order valence-electron chi connectivity index (χ3n) is 7.72. The largest absolute Gasteiger partial charge is 4.00 e. The zero-order valence-electron chi connectivity index (χ0n) is 32.1. The van der Waals surface area contributed by atoms with E-state index < -0.39 is 0 Å². The third-order valence-corrected chi connectivity index (χ3v) is 9.71. The number of rotatable bonds is 8. The molecule has 2 heterocycles. The Morgan fingerprint density at radius 3 is 1.71 bits per heavy atom. The molecule has 8 heteroatoms. The zero-order chi connectivity index (χ0) is 36.6. The number of thiophene rings is 1. The summed E-state index contributed by atoms with van der Waals surface area (Å²) >= 11 is 3.56. The van der Waals surface area contributed by atoms with Gasteiger partial charge in [0.15, 0.2) is 0 Å². The molecule has 5 nitrogen and oxygen atoms in total. The standard InChI is InChI=1S/C37H35N2S2.3C2H6N.Hf/c1-23(2)27-19-13-20-28(24(3)4)35(27)39-36(30-17-10-9-16-29(30)26-14-7-6-8-15-26)37-38-32(22-40-37)34-25(5)41-33-21-12-11-18-31(33)34;3*1-3-2;/h6-24,36H,1-5H3;3*1-2H3;/q4*-1;+4. The van der Waals surface area contributed by atoms with Crippen molar-refractivity contribution in [2.75, 3.05) is 42.3 Å². The molecule has 0 radical (unpaired) electrons. The van der Waals surface area contributed by atoms with Gasteiger partial charge in [0.05, 0.1) is 10.7 Å². The van der Waals surface area contributed by atoms with Crippen LogP contribution in [0, 0.1) is 6.92 Å². The van der Waals surface area contributed by atoms with Gasteiger partial charge in [-0.1, -0.05) is 130 Å². The molecule has 2 aromatic heterocycles. The summed E-state index contributed by atoms with van der Waals surface area (Å²) < 4.78 is 1.30. The quantitative estimate of drug-likeness (QED) is 0.140. The van der Waals surface area contributed by atoms with Crippen molar-refractivity contribution in [3.8, 4) is 22.4 Å². The fourth-order valence-electron chi connectivity index (χ4n) is 5.68. The van der Waals surface area contributed by atoms with Gasteiger partial charge in [-0.3, -0.25) is 0 Å². The van der Waals surface area contributed by atoms with Crippen LogP contribution in [0.3, 0.4) is 0 Å². The van der Waals surface area contributed by atoms with E-state index in [0.717, 1.165) is 16.4 Å². The smallest absolute Gasteiger partial charge is 0.672 e. The molecule has 0 bridgehead atoms. The summed E-state index contributed by atoms with van der Waals surface area (Å²) in [7, 11) is 10.5. The summed E-state index contributed by atoms with van der Waals surface area (Å²) in [4.78, 5) is 6.65. The van der Waals surface area contributed by atoms with E-state index in [9.17, 15) is 0 Å². The molecule has 0 spiro atoms. The average Bonchev–Trinajstić information content (AvgIpc) is 3.72. The Balaban J connectivity index is 0.000000819. The molecule has 0 aliphatic rings. The van der Waals surface area contributed by atoms with Crippen molar-refractivity contribution in [3.05, 3.63) is 150 Å². The van der Waals surface area contributed by atoms with Crippen LogP contribution in [0.1, 0.15) is 72.1 Å². The molecule has 1 unspecified atom stereocenters. The monoisotopic (exact) mass is 883 g/mol. The summed E-state index contributed by atoms with van der Waals surface area (Å²) in [6, 6.07) is 34.4. The second-order valence-electron chi connectivity index (χ2n) is 12.5. The maximum atomic E-state index is 5.66. The molecule has 0 saturated heterocycles. The molecule has 4 aromatic carbocycles. The van der Waals surface area contributed by atoms with Gasteiger partial charge in [0, 0.05) is 25.9 Å². The molecular formula is C43H53HfN5S2. The summed E-state index contributed by atoms with van der Waals surface area (Å²) in [5, 5.41) is 20.7. The second-order valence-corrected chi connectivity index (χ2v) is 14.7. The second kappa shape index (κ2) is 22.8. The van der Waals surface area contributed by atoms with E-state index in [1.54, 1.807) is 53.6 Å². The third kappa shape index (κ3) is 11.8. The van der Waals surface area contributed by atoms with Crippen molar-refractivity contribution >= 4 is 38.4 Å². The number of hydrogen-bond donors (Lipinski definition) is 0. The van der Waals surface area contributed by atoms with Crippen LogP contribution in [0.2, 0.25) is 0 Å². The Morgan fingerprint density at radius 1 is 0.608 bits per heavy atom. The van der Waals surface area contributed by atoms with E-state index in [-0.39, 0.29) is 31.9 Å². The number of para-hydroxylation sites is 1. The first-order valence-corrected chi connectivity index (χ1v) is 18.7. The van der Waals surface area contributed by atoms with Gasteiger partial charge in [0.1, 0.15) is 0 Å². The number of hydrogen-bond acceptors (Lipinski definition) is 3. The van der Waals surface area contributed by atoms with Gasteiger partial charge in [-0.2, -0.15) is 42.3 Å². The number of benzene rings is 4. The first kappa shape index (κ1) is 44.2. The summed E-state index contributed by atoms with van der Waals surface area (Å²) in [6.07, 6.45) is 0. The van der Waals surface area contributed by atoms with Gasteiger partial charge in [0.25, 0.3) is 0 Å². The van der Waals surface area contributed by atoms with E-state index in [4.69, 9.17) is 10.3 Å². The Morgan fingerprint density at radius 2 is 1.12 bits per heavy atom. The molecule has 1 atom stereocenters. The van der Waals surface area contributed by atoms with Crippen molar-refractivity contribution in [1.82, 2.24) is 4.98 Å². The van der Waals surface area contributed by atoms with Crippen molar-refractivity contribution in [3.63, 3.8) is 0 Å². The molecular weight excluding hydrogens is 829 g/mol. The van der Waals surface area contributed by atoms with E-state index in [1.807, 2.05) is 11.3 Å². The molecule has 266 valence electrons. The topological polar surface area (TPSA) is 69.3 Å².